The number of nitrogens with zero attached hydrogens (tertiary/aromatic N) is 3. The number of benzene rings is 1. The van der Waals surface area contributed by atoms with Crippen molar-refractivity contribution in [3.63, 3.8) is 0 Å². The highest BCUT2D eigenvalue weighted by molar-refractivity contribution is 5.90. The Labute approximate surface area is 126 Å². The highest BCUT2D eigenvalue weighted by Crippen LogP contribution is 2.33. The molecule has 3 rings (SSSR count). The van der Waals surface area contributed by atoms with Crippen LogP contribution in [0.4, 0.5) is 0 Å². The predicted octanol–water partition coefficient (Wildman–Crippen LogP) is 1.76. The summed E-state index contributed by atoms with van der Waals surface area (Å²) >= 11 is 0. The van der Waals surface area contributed by atoms with Crippen LogP contribution in [0.15, 0.2) is 33.7 Å². The van der Waals surface area contributed by atoms with Crippen molar-refractivity contribution in [3.8, 4) is 11.5 Å². The van der Waals surface area contributed by atoms with Gasteiger partial charge in [-0.15, -0.1) is 0 Å². The number of ether oxygens (including phenoxy) is 2. The molecule has 0 atom stereocenters. The molecule has 0 bridgehead atoms. The first-order valence-corrected chi connectivity index (χ1v) is 6.67. The van der Waals surface area contributed by atoms with E-state index in [0.29, 0.717) is 34.0 Å². The van der Waals surface area contributed by atoms with Crippen molar-refractivity contribution in [2.75, 3.05) is 14.2 Å². The third-order valence-corrected chi connectivity index (χ3v) is 3.37. The molecule has 22 heavy (non-hydrogen) atoms. The number of methoxy groups -OCH3 is 2. The molecular weight excluding hydrogens is 286 g/mol. The molecule has 7 heteroatoms. The first-order chi connectivity index (χ1) is 10.6. The summed E-state index contributed by atoms with van der Waals surface area (Å²) in [5.41, 5.74) is -0.158. The summed E-state index contributed by atoms with van der Waals surface area (Å²) in [6, 6.07) is 5.24. The van der Waals surface area contributed by atoms with E-state index in [9.17, 15) is 4.79 Å². The van der Waals surface area contributed by atoms with Crippen LogP contribution in [-0.4, -0.2) is 28.9 Å². The van der Waals surface area contributed by atoms with Gasteiger partial charge >= 0.3 is 0 Å². The van der Waals surface area contributed by atoms with Gasteiger partial charge in [0.15, 0.2) is 17.3 Å². The number of rotatable bonds is 4. The Bertz CT molecular complexity index is 882. The van der Waals surface area contributed by atoms with Gasteiger partial charge in [0.1, 0.15) is 6.54 Å². The van der Waals surface area contributed by atoms with Crippen molar-refractivity contribution < 1.29 is 14.0 Å². The number of hydrogen-bond donors (Lipinski definition) is 0. The number of aromatic nitrogens is 3. The number of hydrogen-bond acceptors (Lipinski definition) is 6. The van der Waals surface area contributed by atoms with Gasteiger partial charge in [0.05, 0.1) is 19.6 Å². The van der Waals surface area contributed by atoms with Crippen LogP contribution >= 0.6 is 0 Å². The molecule has 7 nitrogen and oxygen atoms in total. The topological polar surface area (TPSA) is 79.4 Å². The van der Waals surface area contributed by atoms with Gasteiger partial charge in [-0.05, 0) is 25.1 Å². The van der Waals surface area contributed by atoms with E-state index in [1.54, 1.807) is 45.5 Å². The lowest BCUT2D eigenvalue weighted by atomic mass is 10.1. The first kappa shape index (κ1) is 14.1. The first-order valence-electron chi connectivity index (χ1n) is 6.67. The second-order valence-electron chi connectivity index (χ2n) is 4.75. The summed E-state index contributed by atoms with van der Waals surface area (Å²) in [7, 11) is 3.10. The molecule has 0 saturated carbocycles. The monoisotopic (exact) mass is 301 g/mol. The Kier molecular flexibility index (Phi) is 3.54. The third-order valence-electron chi connectivity index (χ3n) is 3.37. The van der Waals surface area contributed by atoms with E-state index in [-0.39, 0.29) is 12.1 Å². The second kappa shape index (κ2) is 5.51. The van der Waals surface area contributed by atoms with Crippen molar-refractivity contribution in [2.45, 2.75) is 13.5 Å². The molecule has 114 valence electrons. The van der Waals surface area contributed by atoms with Crippen molar-refractivity contribution in [2.24, 2.45) is 0 Å². The molecule has 0 N–H and O–H groups in total. The van der Waals surface area contributed by atoms with Gasteiger partial charge in [0, 0.05) is 11.6 Å². The Morgan fingerprint density at radius 3 is 2.64 bits per heavy atom. The van der Waals surface area contributed by atoms with E-state index in [1.807, 2.05) is 0 Å². The minimum atomic E-state index is -0.158. The van der Waals surface area contributed by atoms with Crippen LogP contribution in [0.25, 0.3) is 10.8 Å². The smallest absolute Gasteiger partial charge is 0.259 e. The van der Waals surface area contributed by atoms with Gasteiger partial charge in [-0.1, -0.05) is 5.16 Å². The van der Waals surface area contributed by atoms with E-state index in [1.165, 1.54) is 4.57 Å². The fourth-order valence-electron chi connectivity index (χ4n) is 2.36. The SMILES string of the molecule is COc1ccc2c(=O)n(Cc3nc(C)no3)ccc2c1OC. The Morgan fingerprint density at radius 2 is 2.00 bits per heavy atom. The molecule has 3 aromatic rings. The van der Waals surface area contributed by atoms with Crippen LogP contribution in [0, 0.1) is 6.92 Å². The summed E-state index contributed by atoms with van der Waals surface area (Å²) < 4.78 is 17.2. The van der Waals surface area contributed by atoms with Crippen LogP contribution in [-0.2, 0) is 6.54 Å². The standard InChI is InChI=1S/C15H15N3O4/c1-9-16-13(22-17-9)8-18-7-6-10-11(15(18)19)4-5-12(20-2)14(10)21-3/h4-7H,8H2,1-3H3. The molecule has 0 unspecified atom stereocenters. The van der Waals surface area contributed by atoms with Gasteiger partial charge in [0.2, 0.25) is 5.89 Å². The third kappa shape index (κ3) is 2.30. The van der Waals surface area contributed by atoms with E-state index in [0.717, 1.165) is 0 Å². The molecule has 0 aliphatic heterocycles. The van der Waals surface area contributed by atoms with E-state index >= 15 is 0 Å². The van der Waals surface area contributed by atoms with Gasteiger partial charge in [-0.3, -0.25) is 4.79 Å². The molecule has 2 heterocycles. The van der Waals surface area contributed by atoms with Crippen LogP contribution in [0.2, 0.25) is 0 Å². The molecule has 0 aliphatic carbocycles. The zero-order chi connectivity index (χ0) is 15.7. The van der Waals surface area contributed by atoms with Gasteiger partial charge < -0.3 is 18.6 Å². The molecule has 1 aromatic carbocycles. The normalized spacial score (nSPS) is 10.9. The summed E-state index contributed by atoms with van der Waals surface area (Å²) in [6.45, 7) is 1.96. The van der Waals surface area contributed by atoms with Crippen molar-refractivity contribution >= 4 is 10.8 Å². The minimum Gasteiger partial charge on any atom is -0.493 e. The molecule has 0 aliphatic rings. The van der Waals surface area contributed by atoms with Crippen molar-refractivity contribution in [1.82, 2.24) is 14.7 Å². The van der Waals surface area contributed by atoms with Gasteiger partial charge in [-0.2, -0.15) is 4.98 Å². The molecule has 0 saturated heterocycles. The molecule has 0 amide bonds. The van der Waals surface area contributed by atoms with E-state index in [2.05, 4.69) is 10.1 Å². The summed E-state index contributed by atoms with van der Waals surface area (Å²) in [5, 5.41) is 4.95. The van der Waals surface area contributed by atoms with Crippen LogP contribution in [0.3, 0.4) is 0 Å². The molecule has 2 aromatic heterocycles. The number of aryl methyl sites for hydroxylation is 1. The summed E-state index contributed by atoms with van der Waals surface area (Å²) in [6.07, 6.45) is 1.67. The number of fused-ring (bicyclic) bond motifs is 1. The largest absolute Gasteiger partial charge is 0.493 e. The molecule has 0 fully saturated rings. The average Bonchev–Trinajstić information content (AvgIpc) is 2.94. The zero-order valence-corrected chi connectivity index (χ0v) is 12.5. The van der Waals surface area contributed by atoms with E-state index < -0.39 is 0 Å². The summed E-state index contributed by atoms with van der Waals surface area (Å²) in [4.78, 5) is 16.7. The van der Waals surface area contributed by atoms with Gasteiger partial charge in [0.25, 0.3) is 5.56 Å². The quantitative estimate of drug-likeness (QED) is 0.730. The molecule has 0 radical (unpaired) electrons. The molecule has 0 spiro atoms. The van der Waals surface area contributed by atoms with Crippen LogP contribution in [0.1, 0.15) is 11.7 Å². The lowest BCUT2D eigenvalue weighted by molar-refractivity contribution is 0.358. The Balaban J connectivity index is 2.12. The Hall–Kier alpha value is -2.83. The van der Waals surface area contributed by atoms with Crippen LogP contribution in [0.5, 0.6) is 11.5 Å². The van der Waals surface area contributed by atoms with Crippen molar-refractivity contribution in [3.05, 3.63) is 46.5 Å². The highest BCUT2D eigenvalue weighted by atomic mass is 16.5. The fraction of sp³-hybridized carbons (Fsp3) is 0.267. The average molecular weight is 301 g/mol. The van der Waals surface area contributed by atoms with Crippen LogP contribution < -0.4 is 15.0 Å². The van der Waals surface area contributed by atoms with Crippen molar-refractivity contribution in [1.29, 1.82) is 0 Å². The summed E-state index contributed by atoms with van der Waals surface area (Å²) in [5.74, 6) is 2.05. The number of pyridine rings is 1. The zero-order valence-electron chi connectivity index (χ0n) is 12.5. The highest BCUT2D eigenvalue weighted by Gasteiger charge is 2.13. The fourth-order valence-corrected chi connectivity index (χ4v) is 2.36. The minimum absolute atomic E-state index is 0.158. The lowest BCUT2D eigenvalue weighted by Gasteiger charge is -2.11. The molecular formula is C15H15N3O4. The maximum atomic E-state index is 12.6. The van der Waals surface area contributed by atoms with Gasteiger partial charge in [-0.25, -0.2) is 0 Å². The Morgan fingerprint density at radius 1 is 1.18 bits per heavy atom. The maximum absolute atomic E-state index is 12.6. The van der Waals surface area contributed by atoms with E-state index in [4.69, 9.17) is 14.0 Å². The lowest BCUT2D eigenvalue weighted by Crippen LogP contribution is -2.20. The second-order valence-corrected chi connectivity index (χ2v) is 4.75. The predicted molar refractivity (Wildman–Crippen MR) is 79.4 cm³/mol. The maximum Gasteiger partial charge on any atom is 0.259 e.